The minimum absolute atomic E-state index is 0.0228. The van der Waals surface area contributed by atoms with Gasteiger partial charge in [0.2, 0.25) is 0 Å². The van der Waals surface area contributed by atoms with Crippen LogP contribution in [-0.4, -0.2) is 30.0 Å². The number of benzene rings is 2. The quantitative estimate of drug-likeness (QED) is 0.354. The van der Waals surface area contributed by atoms with Gasteiger partial charge in [-0.3, -0.25) is 14.9 Å². The van der Waals surface area contributed by atoms with Crippen LogP contribution in [0.25, 0.3) is 0 Å². The van der Waals surface area contributed by atoms with Gasteiger partial charge in [0.15, 0.2) is 11.5 Å². The first-order valence-electron chi connectivity index (χ1n) is 7.19. The lowest BCUT2D eigenvalue weighted by Crippen LogP contribution is -2.08. The van der Waals surface area contributed by atoms with E-state index in [-0.39, 0.29) is 29.9 Å². The molecule has 6 heteroatoms. The van der Waals surface area contributed by atoms with Crippen molar-refractivity contribution >= 4 is 11.5 Å². The van der Waals surface area contributed by atoms with E-state index in [4.69, 9.17) is 9.47 Å². The van der Waals surface area contributed by atoms with E-state index in [1.165, 1.54) is 18.2 Å². The van der Waals surface area contributed by atoms with Crippen LogP contribution in [0.15, 0.2) is 42.5 Å². The summed E-state index contributed by atoms with van der Waals surface area (Å²) in [6.45, 7) is 2.68. The van der Waals surface area contributed by atoms with Crippen LogP contribution in [0.5, 0.6) is 5.75 Å². The van der Waals surface area contributed by atoms with Crippen LogP contribution >= 0.6 is 0 Å². The third-order valence-corrected chi connectivity index (χ3v) is 3.64. The number of aryl methyl sites for hydroxylation is 1. The van der Waals surface area contributed by atoms with E-state index >= 15 is 0 Å². The fourth-order valence-electron chi connectivity index (χ4n) is 2.25. The molecule has 1 heterocycles. The number of hydrogen-bond acceptors (Lipinski definition) is 5. The summed E-state index contributed by atoms with van der Waals surface area (Å²) in [7, 11) is 0. The fourth-order valence-corrected chi connectivity index (χ4v) is 2.25. The standard InChI is InChI=1S/C17H15NO5/c1-11-4-2-3-5-14(11)17(19)12-6-7-15(18(20)21)16(8-12)23-10-13-9-22-13/h2-8,13H,9-10H2,1H3. The van der Waals surface area contributed by atoms with Gasteiger partial charge in [0, 0.05) is 17.2 Å². The van der Waals surface area contributed by atoms with Gasteiger partial charge >= 0.3 is 5.69 Å². The summed E-state index contributed by atoms with van der Waals surface area (Å²) in [5, 5.41) is 11.1. The number of nitro groups is 1. The molecule has 0 amide bonds. The summed E-state index contributed by atoms with van der Waals surface area (Å²) < 4.78 is 10.5. The molecule has 0 aromatic heterocycles. The maximum absolute atomic E-state index is 12.6. The van der Waals surface area contributed by atoms with Crippen molar-refractivity contribution in [2.75, 3.05) is 13.2 Å². The molecule has 0 saturated carbocycles. The summed E-state index contributed by atoms with van der Waals surface area (Å²) in [6, 6.07) is 11.4. The number of hydrogen-bond donors (Lipinski definition) is 0. The Labute approximate surface area is 132 Å². The molecule has 0 spiro atoms. The second-order valence-electron chi connectivity index (χ2n) is 5.35. The minimum Gasteiger partial charge on any atom is -0.484 e. The maximum atomic E-state index is 12.6. The van der Waals surface area contributed by atoms with E-state index in [0.717, 1.165) is 5.56 Å². The van der Waals surface area contributed by atoms with Gasteiger partial charge < -0.3 is 9.47 Å². The number of epoxide rings is 1. The largest absolute Gasteiger partial charge is 0.484 e. The highest BCUT2D eigenvalue weighted by atomic mass is 16.6. The van der Waals surface area contributed by atoms with Gasteiger partial charge in [-0.15, -0.1) is 0 Å². The Balaban J connectivity index is 1.92. The van der Waals surface area contributed by atoms with Gasteiger partial charge in [0.1, 0.15) is 12.7 Å². The second kappa shape index (κ2) is 6.18. The molecule has 1 fully saturated rings. The number of carbonyl (C=O) groups excluding carboxylic acids is 1. The Morgan fingerprint density at radius 3 is 2.74 bits per heavy atom. The van der Waals surface area contributed by atoms with Crippen LogP contribution in [-0.2, 0) is 4.74 Å². The van der Waals surface area contributed by atoms with Crippen LogP contribution in [0, 0.1) is 17.0 Å². The summed E-state index contributed by atoms with van der Waals surface area (Å²) in [6.07, 6.45) is -0.0228. The Bertz CT molecular complexity index is 767. The van der Waals surface area contributed by atoms with Gasteiger partial charge in [-0.1, -0.05) is 24.3 Å². The Hall–Kier alpha value is -2.73. The highest BCUT2D eigenvalue weighted by molar-refractivity contribution is 6.10. The fraction of sp³-hybridized carbons (Fsp3) is 0.235. The van der Waals surface area contributed by atoms with Crippen LogP contribution in [0.4, 0.5) is 5.69 Å². The first kappa shape index (κ1) is 15.2. The van der Waals surface area contributed by atoms with Crippen molar-refractivity contribution in [1.29, 1.82) is 0 Å². The van der Waals surface area contributed by atoms with E-state index in [1.807, 2.05) is 19.1 Å². The van der Waals surface area contributed by atoms with Crippen LogP contribution in [0.2, 0.25) is 0 Å². The first-order valence-corrected chi connectivity index (χ1v) is 7.19. The van der Waals surface area contributed by atoms with Crippen molar-refractivity contribution in [1.82, 2.24) is 0 Å². The van der Waals surface area contributed by atoms with E-state index in [2.05, 4.69) is 0 Å². The van der Waals surface area contributed by atoms with Crippen molar-refractivity contribution in [2.24, 2.45) is 0 Å². The summed E-state index contributed by atoms with van der Waals surface area (Å²) in [5.74, 6) is -0.101. The third kappa shape index (κ3) is 3.37. The first-order chi connectivity index (χ1) is 11.1. The molecular formula is C17H15NO5. The molecule has 2 aromatic carbocycles. The highest BCUT2D eigenvalue weighted by Crippen LogP contribution is 2.30. The lowest BCUT2D eigenvalue weighted by molar-refractivity contribution is -0.385. The van der Waals surface area contributed by atoms with E-state index in [1.54, 1.807) is 12.1 Å². The predicted molar refractivity (Wildman–Crippen MR) is 82.9 cm³/mol. The Morgan fingerprint density at radius 2 is 2.09 bits per heavy atom. The second-order valence-corrected chi connectivity index (χ2v) is 5.35. The molecule has 2 aromatic rings. The number of ketones is 1. The lowest BCUT2D eigenvalue weighted by atomic mass is 9.99. The summed E-state index contributed by atoms with van der Waals surface area (Å²) >= 11 is 0. The zero-order valence-electron chi connectivity index (χ0n) is 12.5. The van der Waals surface area contributed by atoms with Gasteiger partial charge in [-0.2, -0.15) is 0 Å². The van der Waals surface area contributed by atoms with Crippen molar-refractivity contribution in [3.63, 3.8) is 0 Å². The Kier molecular flexibility index (Phi) is 4.08. The predicted octanol–water partition coefficient (Wildman–Crippen LogP) is 2.91. The molecule has 118 valence electrons. The molecule has 0 N–H and O–H groups in total. The van der Waals surface area contributed by atoms with Gasteiger partial charge in [-0.25, -0.2) is 0 Å². The summed E-state index contributed by atoms with van der Waals surface area (Å²) in [4.78, 5) is 23.2. The van der Waals surface area contributed by atoms with Gasteiger partial charge in [0.05, 0.1) is 11.5 Å². The van der Waals surface area contributed by atoms with Gasteiger partial charge in [0.25, 0.3) is 0 Å². The molecular weight excluding hydrogens is 298 g/mol. The Morgan fingerprint density at radius 1 is 1.35 bits per heavy atom. The molecule has 1 saturated heterocycles. The third-order valence-electron chi connectivity index (χ3n) is 3.64. The van der Waals surface area contributed by atoms with Crippen molar-refractivity contribution < 1.29 is 19.2 Å². The van der Waals surface area contributed by atoms with E-state index in [9.17, 15) is 14.9 Å². The van der Waals surface area contributed by atoms with Crippen LogP contribution < -0.4 is 4.74 Å². The summed E-state index contributed by atoms with van der Waals surface area (Å²) in [5.41, 5.74) is 1.62. The monoisotopic (exact) mass is 313 g/mol. The molecule has 6 nitrogen and oxygen atoms in total. The molecule has 1 atom stereocenters. The topological polar surface area (TPSA) is 82.0 Å². The molecule has 1 aliphatic rings. The van der Waals surface area contributed by atoms with E-state index in [0.29, 0.717) is 17.7 Å². The number of rotatable bonds is 6. The zero-order chi connectivity index (χ0) is 16.4. The van der Waals surface area contributed by atoms with Crippen molar-refractivity contribution in [2.45, 2.75) is 13.0 Å². The van der Waals surface area contributed by atoms with Gasteiger partial charge in [-0.05, 0) is 24.6 Å². The molecule has 0 aliphatic carbocycles. The maximum Gasteiger partial charge on any atom is 0.310 e. The number of carbonyl (C=O) groups is 1. The number of ether oxygens (including phenoxy) is 2. The number of nitrogens with zero attached hydrogens (tertiary/aromatic N) is 1. The van der Waals surface area contributed by atoms with E-state index < -0.39 is 4.92 Å². The highest BCUT2D eigenvalue weighted by Gasteiger charge is 2.26. The normalized spacial score (nSPS) is 16.0. The van der Waals surface area contributed by atoms with Crippen molar-refractivity contribution in [3.8, 4) is 5.75 Å². The number of nitro benzene ring substituents is 1. The molecule has 1 aliphatic heterocycles. The molecule has 23 heavy (non-hydrogen) atoms. The minimum atomic E-state index is -0.523. The van der Waals surface area contributed by atoms with Crippen molar-refractivity contribution in [3.05, 3.63) is 69.3 Å². The SMILES string of the molecule is Cc1ccccc1C(=O)c1ccc([N+](=O)[O-])c(OCC2CO2)c1. The zero-order valence-corrected chi connectivity index (χ0v) is 12.5. The average molecular weight is 313 g/mol. The molecule has 1 unspecified atom stereocenters. The van der Waals surface area contributed by atoms with Crippen LogP contribution in [0.3, 0.4) is 0 Å². The smallest absolute Gasteiger partial charge is 0.310 e. The van der Waals surface area contributed by atoms with Crippen LogP contribution in [0.1, 0.15) is 21.5 Å². The molecule has 0 radical (unpaired) electrons. The average Bonchev–Trinajstić information content (AvgIpc) is 3.36. The lowest BCUT2D eigenvalue weighted by Gasteiger charge is -2.08. The molecule has 3 rings (SSSR count). The molecule has 0 bridgehead atoms.